The van der Waals surface area contributed by atoms with Crippen molar-refractivity contribution in [1.82, 2.24) is 19.6 Å². The van der Waals surface area contributed by atoms with Crippen LogP contribution in [-0.2, 0) is 15.1 Å². The summed E-state index contributed by atoms with van der Waals surface area (Å²) in [4.78, 5) is 45.0. The molecular formula is C26H39N5O3. The third-order valence-electron chi connectivity index (χ3n) is 8.54. The molecule has 8 heteroatoms. The number of benzene rings is 1. The number of carbonyl (C=O) groups excluding carboxylic acids is 3. The summed E-state index contributed by atoms with van der Waals surface area (Å²) >= 11 is 0. The molecule has 2 saturated carbocycles. The summed E-state index contributed by atoms with van der Waals surface area (Å²) in [5.74, 6) is -0.251. The molecule has 2 N–H and O–H groups in total. The van der Waals surface area contributed by atoms with Gasteiger partial charge in [0.25, 0.3) is 0 Å². The molecule has 1 spiro atoms. The highest BCUT2D eigenvalue weighted by Crippen LogP contribution is 2.49. The van der Waals surface area contributed by atoms with Crippen LogP contribution in [0.3, 0.4) is 0 Å². The Morgan fingerprint density at radius 3 is 2.24 bits per heavy atom. The Labute approximate surface area is 203 Å². The van der Waals surface area contributed by atoms with E-state index in [1.165, 1.54) is 29.7 Å². The van der Waals surface area contributed by atoms with E-state index in [1.807, 2.05) is 0 Å². The van der Waals surface area contributed by atoms with Crippen LogP contribution in [0.5, 0.6) is 0 Å². The molecule has 1 aromatic rings. The van der Waals surface area contributed by atoms with Gasteiger partial charge in [0.15, 0.2) is 0 Å². The highest BCUT2D eigenvalue weighted by atomic mass is 16.2. The van der Waals surface area contributed by atoms with Gasteiger partial charge in [0, 0.05) is 25.7 Å². The van der Waals surface area contributed by atoms with Crippen LogP contribution in [-0.4, -0.2) is 90.3 Å². The van der Waals surface area contributed by atoms with Gasteiger partial charge in [-0.2, -0.15) is 0 Å². The largest absolute Gasteiger partial charge is 0.368 e. The van der Waals surface area contributed by atoms with Crippen molar-refractivity contribution in [3.8, 4) is 0 Å². The minimum absolute atomic E-state index is 0.0109. The Bertz CT molecular complexity index is 906. The lowest BCUT2D eigenvalue weighted by Gasteiger charge is -2.51. The lowest BCUT2D eigenvalue weighted by atomic mass is 9.68. The first kappa shape index (κ1) is 24.5. The highest BCUT2D eigenvalue weighted by Gasteiger charge is 2.55. The minimum atomic E-state index is -0.556. The maximum absolute atomic E-state index is 13.6. The molecule has 1 aromatic carbocycles. The molecule has 0 unspecified atom stereocenters. The SMILES string of the molecule is CN(CC(N)=O)C(=O)CN1C[C@]2(CC[C@](c3ccccc3)(N(C)C)CC2)N(CC2CCC2)C1=O. The van der Waals surface area contributed by atoms with Crippen molar-refractivity contribution in [3.63, 3.8) is 0 Å². The lowest BCUT2D eigenvalue weighted by molar-refractivity contribution is -0.134. The third kappa shape index (κ3) is 4.52. The molecule has 2 aliphatic carbocycles. The Hall–Kier alpha value is -2.61. The molecule has 34 heavy (non-hydrogen) atoms. The van der Waals surface area contributed by atoms with Gasteiger partial charge in [-0.05, 0) is 64.1 Å². The van der Waals surface area contributed by atoms with Crippen LogP contribution >= 0.6 is 0 Å². The van der Waals surface area contributed by atoms with E-state index in [0.717, 1.165) is 32.2 Å². The van der Waals surface area contributed by atoms with E-state index >= 15 is 0 Å². The predicted molar refractivity (Wildman–Crippen MR) is 131 cm³/mol. The van der Waals surface area contributed by atoms with Gasteiger partial charge in [0.05, 0.1) is 12.1 Å². The zero-order chi connectivity index (χ0) is 24.5. The van der Waals surface area contributed by atoms with Gasteiger partial charge in [-0.1, -0.05) is 36.8 Å². The molecular weight excluding hydrogens is 430 g/mol. The Morgan fingerprint density at radius 2 is 1.71 bits per heavy atom. The maximum atomic E-state index is 13.6. The quantitative estimate of drug-likeness (QED) is 0.632. The predicted octanol–water partition coefficient (Wildman–Crippen LogP) is 2.24. The number of nitrogens with zero attached hydrogens (tertiary/aromatic N) is 4. The van der Waals surface area contributed by atoms with Gasteiger partial charge in [0.1, 0.15) is 6.54 Å². The molecule has 1 aliphatic heterocycles. The maximum Gasteiger partial charge on any atom is 0.321 e. The van der Waals surface area contributed by atoms with Gasteiger partial charge >= 0.3 is 6.03 Å². The average Bonchev–Trinajstić information content (AvgIpc) is 3.01. The zero-order valence-corrected chi connectivity index (χ0v) is 20.8. The molecule has 0 atom stereocenters. The van der Waals surface area contributed by atoms with Gasteiger partial charge in [-0.25, -0.2) is 4.79 Å². The topological polar surface area (TPSA) is 90.2 Å². The average molecular weight is 470 g/mol. The summed E-state index contributed by atoms with van der Waals surface area (Å²) < 4.78 is 0. The van der Waals surface area contributed by atoms with Crippen molar-refractivity contribution in [2.75, 3.05) is 47.3 Å². The second kappa shape index (κ2) is 9.56. The fourth-order valence-corrected chi connectivity index (χ4v) is 6.12. The normalized spacial score (nSPS) is 27.4. The van der Waals surface area contributed by atoms with Crippen molar-refractivity contribution < 1.29 is 14.4 Å². The molecule has 0 aromatic heterocycles. The lowest BCUT2D eigenvalue weighted by Crippen LogP contribution is -2.56. The fraction of sp³-hybridized carbons (Fsp3) is 0.654. The van der Waals surface area contributed by atoms with Crippen LogP contribution in [0.25, 0.3) is 0 Å². The molecule has 0 bridgehead atoms. The first-order valence-corrected chi connectivity index (χ1v) is 12.5. The van der Waals surface area contributed by atoms with Crippen molar-refractivity contribution in [3.05, 3.63) is 35.9 Å². The second-order valence-electron chi connectivity index (χ2n) is 10.8. The van der Waals surface area contributed by atoms with Crippen LogP contribution in [0.15, 0.2) is 30.3 Å². The van der Waals surface area contributed by atoms with Gasteiger partial charge in [-0.3, -0.25) is 14.5 Å². The number of rotatable bonds is 8. The summed E-state index contributed by atoms with van der Waals surface area (Å²) in [5, 5.41) is 0. The molecule has 0 radical (unpaired) electrons. The van der Waals surface area contributed by atoms with Crippen molar-refractivity contribution in [2.24, 2.45) is 11.7 Å². The molecule has 3 fully saturated rings. The molecule has 3 aliphatic rings. The number of urea groups is 1. The smallest absolute Gasteiger partial charge is 0.321 e. The van der Waals surface area contributed by atoms with Gasteiger partial charge in [-0.15, -0.1) is 0 Å². The van der Waals surface area contributed by atoms with E-state index in [0.29, 0.717) is 12.5 Å². The second-order valence-corrected chi connectivity index (χ2v) is 10.8. The Balaban J connectivity index is 1.54. The number of primary amides is 1. The molecule has 186 valence electrons. The molecule has 4 amide bonds. The molecule has 4 rings (SSSR count). The van der Waals surface area contributed by atoms with Crippen molar-refractivity contribution in [2.45, 2.75) is 56.0 Å². The Morgan fingerprint density at radius 1 is 1.06 bits per heavy atom. The van der Waals surface area contributed by atoms with E-state index < -0.39 is 5.91 Å². The molecule has 1 saturated heterocycles. The van der Waals surface area contributed by atoms with E-state index in [9.17, 15) is 14.4 Å². The summed E-state index contributed by atoms with van der Waals surface area (Å²) in [6.07, 6.45) is 7.31. The third-order valence-corrected chi connectivity index (χ3v) is 8.54. The summed E-state index contributed by atoms with van der Waals surface area (Å²) in [6.45, 7) is 1.19. The van der Waals surface area contributed by atoms with Crippen LogP contribution in [0, 0.1) is 5.92 Å². The van der Waals surface area contributed by atoms with Gasteiger partial charge in [0.2, 0.25) is 11.8 Å². The van der Waals surface area contributed by atoms with E-state index in [4.69, 9.17) is 5.73 Å². The zero-order valence-electron chi connectivity index (χ0n) is 20.8. The van der Waals surface area contributed by atoms with Crippen LogP contribution in [0.1, 0.15) is 50.5 Å². The number of amides is 4. The number of carbonyl (C=O) groups is 3. The standard InChI is InChI=1S/C26H39N5O3/c1-28(2)26(21-10-5-4-6-11-21)14-12-25(13-15-26)19-30(18-23(33)29(3)17-22(27)32)24(34)31(25)16-20-8-7-9-20/h4-6,10-11,20H,7-9,12-19H2,1-3H3,(H2,27,32)/t25-,26+. The molecule has 1 heterocycles. The Kier molecular flexibility index (Phi) is 6.90. The fourth-order valence-electron chi connectivity index (χ4n) is 6.12. The highest BCUT2D eigenvalue weighted by molar-refractivity contribution is 5.88. The summed E-state index contributed by atoms with van der Waals surface area (Å²) in [5.41, 5.74) is 6.27. The van der Waals surface area contributed by atoms with Crippen LogP contribution < -0.4 is 5.73 Å². The van der Waals surface area contributed by atoms with Gasteiger partial charge < -0.3 is 20.4 Å². The van der Waals surface area contributed by atoms with E-state index in [-0.39, 0.29) is 36.1 Å². The van der Waals surface area contributed by atoms with Crippen LogP contribution in [0.2, 0.25) is 0 Å². The molecule has 8 nitrogen and oxygen atoms in total. The van der Waals surface area contributed by atoms with E-state index in [1.54, 1.807) is 11.9 Å². The van der Waals surface area contributed by atoms with Crippen molar-refractivity contribution in [1.29, 1.82) is 0 Å². The van der Waals surface area contributed by atoms with Crippen molar-refractivity contribution >= 4 is 17.8 Å². The van der Waals surface area contributed by atoms with E-state index in [2.05, 4.69) is 54.2 Å². The number of hydrogen-bond donors (Lipinski definition) is 1. The summed E-state index contributed by atoms with van der Waals surface area (Å²) in [6, 6.07) is 10.6. The number of nitrogens with two attached hydrogens (primary N) is 1. The number of hydrogen-bond acceptors (Lipinski definition) is 4. The summed E-state index contributed by atoms with van der Waals surface area (Å²) in [7, 11) is 5.86. The first-order valence-electron chi connectivity index (χ1n) is 12.5. The minimum Gasteiger partial charge on any atom is -0.368 e. The number of likely N-dealkylation sites (N-methyl/N-ethyl adjacent to an activating group) is 1. The monoisotopic (exact) mass is 469 g/mol. The van der Waals surface area contributed by atoms with Crippen LogP contribution in [0.4, 0.5) is 4.79 Å². The first-order chi connectivity index (χ1) is 16.2.